The fraction of sp³-hybridized carbons (Fsp3) is 0.185. The summed E-state index contributed by atoms with van der Waals surface area (Å²) in [6.45, 7) is 0.989. The van der Waals surface area contributed by atoms with Crippen LogP contribution in [0.15, 0.2) is 72.8 Å². The summed E-state index contributed by atoms with van der Waals surface area (Å²) in [5.41, 5.74) is 4.49. The number of halogens is 2. The highest BCUT2D eigenvalue weighted by molar-refractivity contribution is 8.00. The van der Waals surface area contributed by atoms with Crippen molar-refractivity contribution in [3.63, 3.8) is 0 Å². The van der Waals surface area contributed by atoms with Crippen molar-refractivity contribution in [3.05, 3.63) is 88.4 Å². The van der Waals surface area contributed by atoms with E-state index in [1.165, 1.54) is 12.8 Å². The molecule has 5 rings (SSSR count). The average molecular weight is 508 g/mol. The molecule has 1 aromatic heterocycles. The highest BCUT2D eigenvalue weighted by atomic mass is 35.5. The fourth-order valence-corrected chi connectivity index (χ4v) is 5.58. The molecule has 0 saturated carbocycles. The van der Waals surface area contributed by atoms with Crippen LogP contribution in [0.4, 0.5) is 11.4 Å². The van der Waals surface area contributed by atoms with E-state index in [-0.39, 0.29) is 5.91 Å². The molecule has 1 amide bonds. The van der Waals surface area contributed by atoms with E-state index in [4.69, 9.17) is 28.2 Å². The number of pyridine rings is 1. The van der Waals surface area contributed by atoms with Gasteiger partial charge in [0.25, 0.3) is 5.91 Å². The normalized spacial score (nSPS) is 14.1. The van der Waals surface area contributed by atoms with Gasteiger partial charge in [-0.2, -0.15) is 0 Å². The summed E-state index contributed by atoms with van der Waals surface area (Å²) in [6.07, 6.45) is 3.64. The number of para-hydroxylation sites is 1. The summed E-state index contributed by atoms with van der Waals surface area (Å²) in [5.74, 6) is 0.838. The predicted molar refractivity (Wildman–Crippen MR) is 145 cm³/mol. The molecule has 0 bridgehead atoms. The van der Waals surface area contributed by atoms with Crippen LogP contribution in [0.1, 0.15) is 29.6 Å². The first kappa shape index (κ1) is 23.0. The van der Waals surface area contributed by atoms with Crippen molar-refractivity contribution in [1.29, 1.82) is 0 Å². The summed E-state index contributed by atoms with van der Waals surface area (Å²) >= 11 is 14.8. The van der Waals surface area contributed by atoms with E-state index in [2.05, 4.69) is 9.62 Å². The first-order valence-corrected chi connectivity index (χ1v) is 13.0. The van der Waals surface area contributed by atoms with Gasteiger partial charge in [0, 0.05) is 34.6 Å². The van der Waals surface area contributed by atoms with Gasteiger partial charge in [-0.1, -0.05) is 53.9 Å². The molecule has 172 valence electrons. The van der Waals surface area contributed by atoms with Gasteiger partial charge in [0.2, 0.25) is 0 Å². The molecular weight excluding hydrogens is 485 g/mol. The lowest BCUT2D eigenvalue weighted by Crippen LogP contribution is -2.16. The van der Waals surface area contributed by atoms with Gasteiger partial charge in [-0.15, -0.1) is 0 Å². The van der Waals surface area contributed by atoms with Crippen molar-refractivity contribution in [2.75, 3.05) is 21.9 Å². The second-order valence-corrected chi connectivity index (χ2v) is 10.1. The van der Waals surface area contributed by atoms with E-state index >= 15 is 0 Å². The summed E-state index contributed by atoms with van der Waals surface area (Å²) in [4.78, 5) is 17.8. The Balaban J connectivity index is 1.37. The van der Waals surface area contributed by atoms with Gasteiger partial charge >= 0.3 is 0 Å². The summed E-state index contributed by atoms with van der Waals surface area (Å²) < 4.78 is 2.27. The van der Waals surface area contributed by atoms with E-state index in [1.807, 2.05) is 66.5 Å². The third-order valence-corrected chi connectivity index (χ3v) is 7.66. The minimum absolute atomic E-state index is 0.264. The monoisotopic (exact) mass is 507 g/mol. The van der Waals surface area contributed by atoms with Crippen molar-refractivity contribution in [2.24, 2.45) is 0 Å². The SMILES string of the molecule is O=C(Nc1ccc(Cl)c(-c2ccc3ccccc3n2)c1)c1ccc(N2CCCCCS2)cc1Cl. The molecule has 0 spiro atoms. The first-order valence-electron chi connectivity index (χ1n) is 11.3. The Kier molecular flexibility index (Phi) is 6.95. The number of nitrogens with one attached hydrogen (secondary N) is 1. The Morgan fingerprint density at radius 2 is 1.79 bits per heavy atom. The lowest BCUT2D eigenvalue weighted by Gasteiger charge is -2.21. The molecule has 0 aliphatic carbocycles. The molecule has 4 aromatic rings. The lowest BCUT2D eigenvalue weighted by molar-refractivity contribution is 0.102. The quantitative estimate of drug-likeness (QED) is 0.283. The maximum absolute atomic E-state index is 13.0. The molecule has 7 heteroatoms. The van der Waals surface area contributed by atoms with Crippen LogP contribution in [0.5, 0.6) is 0 Å². The topological polar surface area (TPSA) is 45.2 Å². The summed E-state index contributed by atoms with van der Waals surface area (Å²) in [5, 5.41) is 5.02. The second kappa shape index (κ2) is 10.3. The van der Waals surface area contributed by atoms with E-state index < -0.39 is 0 Å². The van der Waals surface area contributed by atoms with Crippen LogP contribution in [-0.4, -0.2) is 23.2 Å². The van der Waals surface area contributed by atoms with Crippen molar-refractivity contribution in [3.8, 4) is 11.3 Å². The van der Waals surface area contributed by atoms with Crippen LogP contribution in [0.3, 0.4) is 0 Å². The number of hydrogen-bond donors (Lipinski definition) is 1. The van der Waals surface area contributed by atoms with Crippen molar-refractivity contribution in [2.45, 2.75) is 19.3 Å². The predicted octanol–water partition coefficient (Wildman–Crippen LogP) is 8.10. The molecule has 1 aliphatic heterocycles. The molecule has 0 unspecified atom stereocenters. The van der Waals surface area contributed by atoms with E-state index in [0.29, 0.717) is 21.3 Å². The Hall–Kier alpha value is -2.73. The van der Waals surface area contributed by atoms with E-state index in [1.54, 1.807) is 18.2 Å². The standard InChI is InChI=1S/C27H23Cl2N3OS/c28-23-12-9-19(16-22(23)26-13-8-18-6-2-3-7-25(18)31-26)30-27(33)21-11-10-20(17-24(21)29)32-14-4-1-5-15-34-32/h2-3,6-13,16-17H,1,4-5,14-15H2,(H,30,33). The van der Waals surface area contributed by atoms with Crippen LogP contribution >= 0.6 is 35.1 Å². The molecule has 1 N–H and O–H groups in total. The van der Waals surface area contributed by atoms with Crippen molar-refractivity contribution >= 4 is 63.3 Å². The fourth-order valence-electron chi connectivity index (χ4n) is 4.03. The van der Waals surface area contributed by atoms with Gasteiger partial charge in [-0.25, -0.2) is 4.98 Å². The minimum atomic E-state index is -0.264. The Morgan fingerprint density at radius 3 is 2.68 bits per heavy atom. The molecule has 34 heavy (non-hydrogen) atoms. The number of rotatable bonds is 4. The van der Waals surface area contributed by atoms with Gasteiger partial charge in [0.05, 0.1) is 26.8 Å². The molecule has 4 nitrogen and oxygen atoms in total. The van der Waals surface area contributed by atoms with Crippen LogP contribution in [0.25, 0.3) is 22.2 Å². The number of nitrogens with zero attached hydrogens (tertiary/aromatic N) is 2. The first-order chi connectivity index (χ1) is 16.6. The largest absolute Gasteiger partial charge is 0.322 e. The number of fused-ring (bicyclic) bond motifs is 1. The molecule has 1 fully saturated rings. The molecule has 3 aromatic carbocycles. The number of hydrogen-bond acceptors (Lipinski definition) is 4. The molecular formula is C27H23Cl2N3OS. The number of amides is 1. The second-order valence-electron chi connectivity index (χ2n) is 8.20. The van der Waals surface area contributed by atoms with Crippen LogP contribution in [0, 0.1) is 0 Å². The molecule has 2 heterocycles. The Bertz CT molecular complexity index is 1350. The van der Waals surface area contributed by atoms with Gasteiger partial charge in [0.1, 0.15) is 0 Å². The number of anilines is 2. The molecule has 1 saturated heterocycles. The van der Waals surface area contributed by atoms with Crippen LogP contribution in [0.2, 0.25) is 10.0 Å². The number of benzene rings is 3. The van der Waals surface area contributed by atoms with Crippen LogP contribution in [-0.2, 0) is 0 Å². The van der Waals surface area contributed by atoms with E-state index in [0.717, 1.165) is 46.6 Å². The van der Waals surface area contributed by atoms with Crippen molar-refractivity contribution in [1.82, 2.24) is 4.98 Å². The van der Waals surface area contributed by atoms with Gasteiger partial charge in [-0.3, -0.25) is 4.79 Å². The summed E-state index contributed by atoms with van der Waals surface area (Å²) in [7, 11) is 0. The van der Waals surface area contributed by atoms with Gasteiger partial charge in [-0.05, 0) is 73.3 Å². The van der Waals surface area contributed by atoms with Gasteiger partial charge in [0.15, 0.2) is 0 Å². The number of carbonyl (C=O) groups is 1. The zero-order chi connectivity index (χ0) is 23.5. The Morgan fingerprint density at radius 1 is 0.912 bits per heavy atom. The number of carbonyl (C=O) groups excluding carboxylic acids is 1. The van der Waals surface area contributed by atoms with E-state index in [9.17, 15) is 4.79 Å². The minimum Gasteiger partial charge on any atom is -0.322 e. The third kappa shape index (κ3) is 5.02. The Labute approximate surface area is 213 Å². The average Bonchev–Trinajstić information content (AvgIpc) is 3.14. The number of aromatic nitrogens is 1. The maximum Gasteiger partial charge on any atom is 0.257 e. The third-order valence-electron chi connectivity index (χ3n) is 5.84. The highest BCUT2D eigenvalue weighted by Crippen LogP contribution is 2.33. The smallest absolute Gasteiger partial charge is 0.257 e. The van der Waals surface area contributed by atoms with Crippen LogP contribution < -0.4 is 9.62 Å². The zero-order valence-electron chi connectivity index (χ0n) is 18.4. The molecule has 0 radical (unpaired) electrons. The van der Waals surface area contributed by atoms with Crippen molar-refractivity contribution < 1.29 is 4.79 Å². The highest BCUT2D eigenvalue weighted by Gasteiger charge is 2.16. The zero-order valence-corrected chi connectivity index (χ0v) is 20.8. The molecule has 0 atom stereocenters. The lowest BCUT2D eigenvalue weighted by atomic mass is 10.1. The maximum atomic E-state index is 13.0. The molecule has 1 aliphatic rings. The van der Waals surface area contributed by atoms with Gasteiger partial charge < -0.3 is 9.62 Å². The summed E-state index contributed by atoms with van der Waals surface area (Å²) in [6, 6.07) is 22.9.